The fraction of sp³-hybridized carbons (Fsp3) is 0.438. The van der Waals surface area contributed by atoms with E-state index in [2.05, 4.69) is 21.2 Å². The quantitative estimate of drug-likeness (QED) is 0.436. The standard InChI is InChI=1S/C16H22N4O2S/c1-11(13-5-3-6-14(9-13)18-12(2)21)19-20-16(23)17-10-15-7-4-8-22-15/h3,5-6,9,15H,4,7-8,10H2,1-2H3,(H,18,21)(H2,17,20,23). The Morgan fingerprint density at radius 2 is 2.26 bits per heavy atom. The summed E-state index contributed by atoms with van der Waals surface area (Å²) in [5.74, 6) is -0.102. The van der Waals surface area contributed by atoms with Crippen molar-refractivity contribution in [2.45, 2.75) is 32.8 Å². The first kappa shape index (κ1) is 17.4. The fourth-order valence-corrected chi connectivity index (χ4v) is 2.40. The Balaban J connectivity index is 1.86. The zero-order chi connectivity index (χ0) is 16.7. The third-order valence-electron chi connectivity index (χ3n) is 3.44. The van der Waals surface area contributed by atoms with Crippen molar-refractivity contribution < 1.29 is 9.53 Å². The number of hydrogen-bond donors (Lipinski definition) is 3. The maximum absolute atomic E-state index is 11.1. The van der Waals surface area contributed by atoms with E-state index in [-0.39, 0.29) is 12.0 Å². The van der Waals surface area contributed by atoms with Gasteiger partial charge in [-0.2, -0.15) is 5.10 Å². The number of anilines is 1. The molecule has 124 valence electrons. The summed E-state index contributed by atoms with van der Waals surface area (Å²) in [5, 5.41) is 10.6. The molecule has 1 atom stereocenters. The number of hydrazone groups is 1. The van der Waals surface area contributed by atoms with Gasteiger partial charge in [-0.15, -0.1) is 0 Å². The van der Waals surface area contributed by atoms with Crippen LogP contribution in [0.4, 0.5) is 5.69 Å². The molecule has 1 aliphatic rings. The topological polar surface area (TPSA) is 74.8 Å². The second-order valence-electron chi connectivity index (χ2n) is 5.42. The molecule has 1 aromatic carbocycles. The van der Waals surface area contributed by atoms with Gasteiger partial charge in [0.2, 0.25) is 5.91 Å². The predicted octanol–water partition coefficient (Wildman–Crippen LogP) is 2.01. The van der Waals surface area contributed by atoms with Gasteiger partial charge in [0.05, 0.1) is 11.8 Å². The van der Waals surface area contributed by atoms with Crippen molar-refractivity contribution >= 4 is 34.6 Å². The summed E-state index contributed by atoms with van der Waals surface area (Å²) in [6.07, 6.45) is 2.40. The third-order valence-corrected chi connectivity index (χ3v) is 3.68. The largest absolute Gasteiger partial charge is 0.376 e. The molecule has 1 unspecified atom stereocenters. The Labute approximate surface area is 141 Å². The molecule has 0 aliphatic carbocycles. The van der Waals surface area contributed by atoms with E-state index in [1.165, 1.54) is 6.92 Å². The van der Waals surface area contributed by atoms with E-state index < -0.39 is 0 Å². The number of nitrogens with zero attached hydrogens (tertiary/aromatic N) is 1. The van der Waals surface area contributed by atoms with Crippen molar-refractivity contribution in [3.05, 3.63) is 29.8 Å². The fourth-order valence-electron chi connectivity index (χ4n) is 2.28. The normalized spacial score (nSPS) is 17.7. The minimum absolute atomic E-state index is 0.102. The SMILES string of the molecule is CC(=O)Nc1cccc(C(C)=NNC(=S)NCC2CCCO2)c1. The van der Waals surface area contributed by atoms with Crippen molar-refractivity contribution in [3.63, 3.8) is 0 Å². The van der Waals surface area contributed by atoms with Gasteiger partial charge in [-0.05, 0) is 49.7 Å². The summed E-state index contributed by atoms with van der Waals surface area (Å²) in [6.45, 7) is 4.88. The number of thiocarbonyl (C=S) groups is 1. The van der Waals surface area contributed by atoms with Gasteiger partial charge in [-0.25, -0.2) is 0 Å². The molecule has 2 rings (SSSR count). The van der Waals surface area contributed by atoms with Gasteiger partial charge in [0, 0.05) is 25.8 Å². The first-order chi connectivity index (χ1) is 11.0. The van der Waals surface area contributed by atoms with E-state index in [9.17, 15) is 4.79 Å². The Morgan fingerprint density at radius 1 is 1.43 bits per heavy atom. The summed E-state index contributed by atoms with van der Waals surface area (Å²) in [4.78, 5) is 11.1. The van der Waals surface area contributed by atoms with Gasteiger partial charge in [0.15, 0.2) is 5.11 Å². The molecule has 0 aromatic heterocycles. The molecule has 23 heavy (non-hydrogen) atoms. The van der Waals surface area contributed by atoms with Crippen LogP contribution in [0.25, 0.3) is 0 Å². The molecule has 6 nitrogen and oxygen atoms in total. The molecule has 0 bridgehead atoms. The van der Waals surface area contributed by atoms with Crippen molar-refractivity contribution in [1.82, 2.24) is 10.7 Å². The van der Waals surface area contributed by atoms with Crippen LogP contribution >= 0.6 is 12.2 Å². The van der Waals surface area contributed by atoms with Crippen LogP contribution in [0.1, 0.15) is 32.3 Å². The van der Waals surface area contributed by atoms with Crippen molar-refractivity contribution in [3.8, 4) is 0 Å². The highest BCUT2D eigenvalue weighted by Gasteiger charge is 2.15. The van der Waals surface area contributed by atoms with Crippen molar-refractivity contribution in [2.24, 2.45) is 5.10 Å². The van der Waals surface area contributed by atoms with E-state index in [0.29, 0.717) is 11.7 Å². The summed E-state index contributed by atoms with van der Waals surface area (Å²) in [7, 11) is 0. The van der Waals surface area contributed by atoms with Crippen LogP contribution in [0.15, 0.2) is 29.4 Å². The minimum atomic E-state index is -0.102. The Bertz CT molecular complexity index is 597. The summed E-state index contributed by atoms with van der Waals surface area (Å²) < 4.78 is 5.52. The van der Waals surface area contributed by atoms with Crippen LogP contribution in [-0.4, -0.2) is 36.0 Å². The molecule has 0 spiro atoms. The maximum Gasteiger partial charge on any atom is 0.221 e. The lowest BCUT2D eigenvalue weighted by atomic mass is 10.1. The van der Waals surface area contributed by atoms with Crippen LogP contribution in [0, 0.1) is 0 Å². The lowest BCUT2D eigenvalue weighted by Gasteiger charge is -2.12. The number of benzene rings is 1. The zero-order valence-electron chi connectivity index (χ0n) is 13.4. The number of hydrogen-bond acceptors (Lipinski definition) is 4. The number of rotatable bonds is 5. The molecule has 0 saturated carbocycles. The lowest BCUT2D eigenvalue weighted by molar-refractivity contribution is -0.114. The predicted molar refractivity (Wildman–Crippen MR) is 95.7 cm³/mol. The highest BCUT2D eigenvalue weighted by molar-refractivity contribution is 7.80. The van der Waals surface area contributed by atoms with E-state index >= 15 is 0 Å². The van der Waals surface area contributed by atoms with Crippen molar-refractivity contribution in [1.29, 1.82) is 0 Å². The van der Waals surface area contributed by atoms with Crippen LogP contribution in [0.2, 0.25) is 0 Å². The van der Waals surface area contributed by atoms with Crippen molar-refractivity contribution in [2.75, 3.05) is 18.5 Å². The minimum Gasteiger partial charge on any atom is -0.376 e. The molecule has 1 saturated heterocycles. The highest BCUT2D eigenvalue weighted by atomic mass is 32.1. The molecular weight excluding hydrogens is 312 g/mol. The zero-order valence-corrected chi connectivity index (χ0v) is 14.2. The molecular formula is C16H22N4O2S. The van der Waals surface area contributed by atoms with E-state index in [0.717, 1.165) is 36.4 Å². The van der Waals surface area contributed by atoms with Gasteiger partial charge < -0.3 is 15.4 Å². The highest BCUT2D eigenvalue weighted by Crippen LogP contribution is 2.12. The molecule has 1 aliphatic heterocycles. The summed E-state index contributed by atoms with van der Waals surface area (Å²) in [6, 6.07) is 7.49. The smallest absolute Gasteiger partial charge is 0.221 e. The number of amides is 1. The summed E-state index contributed by atoms with van der Waals surface area (Å²) in [5.41, 5.74) is 5.25. The van der Waals surface area contributed by atoms with E-state index in [1.807, 2.05) is 31.2 Å². The summed E-state index contributed by atoms with van der Waals surface area (Å²) >= 11 is 5.20. The van der Waals surface area contributed by atoms with Crippen LogP contribution in [-0.2, 0) is 9.53 Å². The number of nitrogens with one attached hydrogen (secondary N) is 3. The average molecular weight is 334 g/mol. The first-order valence-electron chi connectivity index (χ1n) is 7.62. The molecule has 1 amide bonds. The van der Waals surface area contributed by atoms with Gasteiger partial charge in [0.25, 0.3) is 0 Å². The van der Waals surface area contributed by atoms with E-state index in [1.54, 1.807) is 0 Å². The van der Waals surface area contributed by atoms with Crippen LogP contribution in [0.3, 0.4) is 0 Å². The maximum atomic E-state index is 11.1. The Hall–Kier alpha value is -1.99. The second kappa shape index (κ2) is 8.59. The van der Waals surface area contributed by atoms with Gasteiger partial charge in [-0.1, -0.05) is 12.1 Å². The lowest BCUT2D eigenvalue weighted by Crippen LogP contribution is -2.37. The van der Waals surface area contributed by atoms with Gasteiger partial charge in [0.1, 0.15) is 0 Å². The molecule has 1 fully saturated rings. The number of ether oxygens (including phenoxy) is 1. The molecule has 0 radical (unpaired) electrons. The Morgan fingerprint density at radius 3 is 2.96 bits per heavy atom. The average Bonchev–Trinajstić information content (AvgIpc) is 3.03. The number of carbonyl (C=O) groups excluding carboxylic acids is 1. The van der Waals surface area contributed by atoms with Crippen LogP contribution < -0.4 is 16.1 Å². The molecule has 1 aromatic rings. The van der Waals surface area contributed by atoms with Crippen LogP contribution in [0.5, 0.6) is 0 Å². The second-order valence-corrected chi connectivity index (χ2v) is 5.82. The first-order valence-corrected chi connectivity index (χ1v) is 8.03. The molecule has 3 N–H and O–H groups in total. The number of carbonyl (C=O) groups is 1. The van der Waals surface area contributed by atoms with Gasteiger partial charge >= 0.3 is 0 Å². The van der Waals surface area contributed by atoms with E-state index in [4.69, 9.17) is 17.0 Å². The van der Waals surface area contributed by atoms with Gasteiger partial charge in [-0.3, -0.25) is 10.2 Å². The third kappa shape index (κ3) is 5.96. The molecule has 1 heterocycles. The monoisotopic (exact) mass is 334 g/mol. The molecule has 7 heteroatoms. The Kier molecular flexibility index (Phi) is 6.49.